The van der Waals surface area contributed by atoms with Gasteiger partial charge in [-0.05, 0) is 36.2 Å². The number of aromatic nitrogens is 2. The number of hydrogen-bond acceptors (Lipinski definition) is 4. The molecule has 1 saturated carbocycles. The minimum atomic E-state index is -0.295. The van der Waals surface area contributed by atoms with E-state index in [9.17, 15) is 9.18 Å². The van der Waals surface area contributed by atoms with Gasteiger partial charge in [0.2, 0.25) is 0 Å². The van der Waals surface area contributed by atoms with Gasteiger partial charge in [-0.25, -0.2) is 9.37 Å². The summed E-state index contributed by atoms with van der Waals surface area (Å²) in [5.41, 5.74) is 0.643. The molecule has 0 amide bonds. The highest BCUT2D eigenvalue weighted by Gasteiger charge is 2.21. The Morgan fingerprint density at radius 1 is 1.40 bits per heavy atom. The summed E-state index contributed by atoms with van der Waals surface area (Å²) in [7, 11) is 0. The second kappa shape index (κ2) is 5.76. The summed E-state index contributed by atoms with van der Waals surface area (Å²) in [5, 5.41) is 3.76. The molecule has 0 saturated heterocycles. The first-order valence-electron chi connectivity index (χ1n) is 6.46. The van der Waals surface area contributed by atoms with Crippen LogP contribution in [0.4, 0.5) is 4.39 Å². The van der Waals surface area contributed by atoms with E-state index in [4.69, 9.17) is 0 Å². The fraction of sp³-hybridized carbons (Fsp3) is 0.286. The number of aromatic amines is 1. The van der Waals surface area contributed by atoms with E-state index in [-0.39, 0.29) is 11.4 Å². The maximum atomic E-state index is 14.0. The molecule has 1 aromatic carbocycles. The van der Waals surface area contributed by atoms with Crippen LogP contribution in [0, 0.1) is 5.82 Å². The van der Waals surface area contributed by atoms with Crippen LogP contribution in [0.25, 0.3) is 0 Å². The lowest BCUT2D eigenvalue weighted by Gasteiger charge is -2.10. The van der Waals surface area contributed by atoms with Gasteiger partial charge in [-0.3, -0.25) is 4.79 Å². The molecule has 4 nitrogen and oxygen atoms in total. The van der Waals surface area contributed by atoms with E-state index >= 15 is 0 Å². The zero-order valence-corrected chi connectivity index (χ0v) is 11.5. The zero-order valence-electron chi connectivity index (χ0n) is 10.7. The highest BCUT2D eigenvalue weighted by atomic mass is 32.2. The summed E-state index contributed by atoms with van der Waals surface area (Å²) in [6, 6.07) is 6.91. The van der Waals surface area contributed by atoms with Crippen molar-refractivity contribution >= 4 is 11.8 Å². The van der Waals surface area contributed by atoms with Crippen molar-refractivity contribution in [2.75, 3.05) is 0 Å². The lowest BCUT2D eigenvalue weighted by Crippen LogP contribution is -2.16. The highest BCUT2D eigenvalue weighted by molar-refractivity contribution is 7.99. The predicted molar refractivity (Wildman–Crippen MR) is 75.2 cm³/mol. The SMILES string of the molecule is O=c1ccnc(Sc2c(F)cccc2CNC2CC2)[nH]1. The van der Waals surface area contributed by atoms with Crippen LogP contribution in [0.5, 0.6) is 0 Å². The van der Waals surface area contributed by atoms with Crippen molar-refractivity contribution in [1.29, 1.82) is 0 Å². The molecular formula is C14H14FN3OS. The molecule has 1 heterocycles. The topological polar surface area (TPSA) is 57.8 Å². The van der Waals surface area contributed by atoms with Gasteiger partial charge in [-0.2, -0.15) is 0 Å². The minimum absolute atomic E-state index is 0.239. The third kappa shape index (κ3) is 3.26. The van der Waals surface area contributed by atoms with Crippen molar-refractivity contribution in [2.45, 2.75) is 35.5 Å². The molecule has 6 heteroatoms. The third-order valence-corrected chi connectivity index (χ3v) is 4.12. The van der Waals surface area contributed by atoms with Gasteiger partial charge in [0.15, 0.2) is 5.16 Å². The van der Waals surface area contributed by atoms with Crippen LogP contribution in [0.1, 0.15) is 18.4 Å². The third-order valence-electron chi connectivity index (χ3n) is 3.05. The normalized spacial score (nSPS) is 14.4. The molecule has 0 aliphatic heterocycles. The van der Waals surface area contributed by atoms with E-state index in [0.29, 0.717) is 22.6 Å². The number of hydrogen-bond donors (Lipinski definition) is 2. The van der Waals surface area contributed by atoms with Crippen LogP contribution < -0.4 is 10.9 Å². The van der Waals surface area contributed by atoms with Crippen molar-refractivity contribution in [3.63, 3.8) is 0 Å². The van der Waals surface area contributed by atoms with Crippen LogP contribution >= 0.6 is 11.8 Å². The fourth-order valence-corrected chi connectivity index (χ4v) is 2.74. The molecule has 0 atom stereocenters. The Hall–Kier alpha value is -1.66. The van der Waals surface area contributed by atoms with Gasteiger partial charge < -0.3 is 10.3 Å². The maximum Gasteiger partial charge on any atom is 0.251 e. The molecule has 1 fully saturated rings. The first-order valence-corrected chi connectivity index (χ1v) is 7.28. The smallest absolute Gasteiger partial charge is 0.251 e. The molecule has 1 aliphatic rings. The van der Waals surface area contributed by atoms with Gasteiger partial charge in [-0.15, -0.1) is 0 Å². The lowest BCUT2D eigenvalue weighted by atomic mass is 10.2. The Morgan fingerprint density at radius 2 is 2.25 bits per heavy atom. The van der Waals surface area contributed by atoms with E-state index in [1.54, 1.807) is 6.07 Å². The number of rotatable bonds is 5. The summed E-state index contributed by atoms with van der Waals surface area (Å²) in [4.78, 5) is 18.4. The number of halogens is 1. The number of benzene rings is 1. The Balaban J connectivity index is 1.84. The minimum Gasteiger partial charge on any atom is -0.310 e. The quantitative estimate of drug-likeness (QED) is 0.830. The van der Waals surface area contributed by atoms with Gasteiger partial charge in [0.25, 0.3) is 5.56 Å². The van der Waals surface area contributed by atoms with Crippen LogP contribution in [0.2, 0.25) is 0 Å². The average molecular weight is 291 g/mol. The molecule has 0 unspecified atom stereocenters. The molecular weight excluding hydrogens is 277 g/mol. The van der Waals surface area contributed by atoms with Crippen LogP contribution in [-0.2, 0) is 6.54 Å². The van der Waals surface area contributed by atoms with Gasteiger partial charge in [0.05, 0.1) is 4.90 Å². The number of nitrogens with one attached hydrogen (secondary N) is 2. The molecule has 1 aromatic heterocycles. The Morgan fingerprint density at radius 3 is 3.00 bits per heavy atom. The molecule has 104 valence electrons. The monoisotopic (exact) mass is 291 g/mol. The second-order valence-corrected chi connectivity index (χ2v) is 5.72. The summed E-state index contributed by atoms with van der Waals surface area (Å²) >= 11 is 1.15. The van der Waals surface area contributed by atoms with Crippen LogP contribution in [0.15, 0.2) is 45.3 Å². The van der Waals surface area contributed by atoms with E-state index in [1.165, 1.54) is 31.2 Å². The Bertz CT molecular complexity index is 669. The molecule has 1 aliphatic carbocycles. The number of H-pyrrole nitrogens is 1. The van der Waals surface area contributed by atoms with Gasteiger partial charge in [-0.1, -0.05) is 12.1 Å². The zero-order chi connectivity index (χ0) is 13.9. The first-order chi connectivity index (χ1) is 9.72. The molecule has 2 aromatic rings. The Kier molecular flexibility index (Phi) is 3.84. The van der Waals surface area contributed by atoms with Gasteiger partial charge in [0, 0.05) is 24.8 Å². The summed E-state index contributed by atoms with van der Waals surface area (Å²) in [6.07, 6.45) is 3.79. The van der Waals surface area contributed by atoms with Crippen molar-refractivity contribution in [2.24, 2.45) is 0 Å². The van der Waals surface area contributed by atoms with Crippen molar-refractivity contribution in [3.8, 4) is 0 Å². The summed E-state index contributed by atoms with van der Waals surface area (Å²) in [5.74, 6) is -0.295. The predicted octanol–water partition coefficient (Wildman–Crippen LogP) is 2.31. The lowest BCUT2D eigenvalue weighted by molar-refractivity contribution is 0.588. The molecule has 20 heavy (non-hydrogen) atoms. The average Bonchev–Trinajstić information content (AvgIpc) is 3.24. The largest absolute Gasteiger partial charge is 0.310 e. The molecule has 3 rings (SSSR count). The molecule has 2 N–H and O–H groups in total. The van der Waals surface area contributed by atoms with Gasteiger partial charge >= 0.3 is 0 Å². The fourth-order valence-electron chi connectivity index (χ4n) is 1.85. The van der Waals surface area contributed by atoms with E-state index < -0.39 is 0 Å². The van der Waals surface area contributed by atoms with Crippen LogP contribution in [-0.4, -0.2) is 16.0 Å². The molecule has 0 bridgehead atoms. The van der Waals surface area contributed by atoms with Gasteiger partial charge in [0.1, 0.15) is 5.82 Å². The van der Waals surface area contributed by atoms with Crippen molar-refractivity contribution in [1.82, 2.24) is 15.3 Å². The molecule has 0 spiro atoms. The Labute approximate surface area is 119 Å². The van der Waals surface area contributed by atoms with Crippen molar-refractivity contribution < 1.29 is 4.39 Å². The summed E-state index contributed by atoms with van der Waals surface area (Å²) < 4.78 is 14.0. The molecule has 0 radical (unpaired) electrons. The second-order valence-electron chi connectivity index (χ2n) is 4.72. The van der Waals surface area contributed by atoms with E-state index in [2.05, 4.69) is 15.3 Å². The van der Waals surface area contributed by atoms with Crippen molar-refractivity contribution in [3.05, 3.63) is 52.2 Å². The van der Waals surface area contributed by atoms with E-state index in [0.717, 1.165) is 17.3 Å². The standard InChI is InChI=1S/C14H14FN3OS/c15-11-3-1-2-9(8-17-10-4-5-10)13(11)20-14-16-7-6-12(19)18-14/h1-3,6-7,10,17H,4-5,8H2,(H,16,18,19). The summed E-state index contributed by atoms with van der Waals surface area (Å²) in [6.45, 7) is 0.627. The van der Waals surface area contributed by atoms with E-state index in [1.807, 2.05) is 6.07 Å². The van der Waals surface area contributed by atoms with Crippen LogP contribution in [0.3, 0.4) is 0 Å². The number of nitrogens with zero attached hydrogens (tertiary/aromatic N) is 1. The maximum absolute atomic E-state index is 14.0. The highest BCUT2D eigenvalue weighted by Crippen LogP contribution is 2.30. The first kappa shape index (κ1) is 13.3.